The number of unbranched alkanes of at least 4 members (excludes halogenated alkanes) is 3. The van der Waals surface area contributed by atoms with E-state index in [2.05, 4.69) is 24.1 Å². The number of ether oxygens (including phenoxy) is 3. The molecule has 1 aromatic carbocycles. The molecule has 7 heteroatoms. The van der Waals surface area contributed by atoms with Gasteiger partial charge in [0.2, 0.25) is 0 Å². The zero-order valence-electron chi connectivity index (χ0n) is 16.0. The quantitative estimate of drug-likeness (QED) is 0.728. The monoisotopic (exact) mass is 380 g/mol. The summed E-state index contributed by atoms with van der Waals surface area (Å²) in [7, 11) is 0. The zero-order valence-corrected chi connectivity index (χ0v) is 16.0. The van der Waals surface area contributed by atoms with Gasteiger partial charge in [0.1, 0.15) is 17.0 Å². The van der Waals surface area contributed by atoms with Crippen LogP contribution < -0.4 is 10.5 Å². The molecule has 7 nitrogen and oxygen atoms in total. The highest BCUT2D eigenvalue weighted by molar-refractivity contribution is 6.00. The Kier molecular flexibility index (Phi) is 4.53. The molecule has 1 spiro atoms. The van der Waals surface area contributed by atoms with Crippen molar-refractivity contribution in [3.63, 3.8) is 0 Å². The van der Waals surface area contributed by atoms with Crippen LogP contribution in [0.2, 0.25) is 0 Å². The second kappa shape index (κ2) is 6.77. The highest BCUT2D eigenvalue weighted by Gasteiger charge is 2.94. The van der Waals surface area contributed by atoms with E-state index >= 15 is 0 Å². The minimum Gasteiger partial charge on any atom is -0.494 e. The van der Waals surface area contributed by atoms with Gasteiger partial charge in [-0.1, -0.05) is 38.3 Å². The molecule has 1 saturated heterocycles. The van der Waals surface area contributed by atoms with Gasteiger partial charge in [0, 0.05) is 5.92 Å². The number of hydrogen-bond acceptors (Lipinski definition) is 7. The number of nitriles is 2. The summed E-state index contributed by atoms with van der Waals surface area (Å²) in [5, 5.41) is 20.0. The third-order valence-electron chi connectivity index (χ3n) is 6.09. The van der Waals surface area contributed by atoms with Crippen LogP contribution in [0.15, 0.2) is 29.3 Å². The fourth-order valence-corrected chi connectivity index (χ4v) is 4.69. The summed E-state index contributed by atoms with van der Waals surface area (Å²) >= 11 is 0. The minimum atomic E-state index is -1.49. The predicted octanol–water partition coefficient (Wildman–Crippen LogP) is 2.83. The average Bonchev–Trinajstić information content (AvgIpc) is 2.96. The van der Waals surface area contributed by atoms with Crippen LogP contribution >= 0.6 is 0 Å². The first-order valence-electron chi connectivity index (χ1n) is 9.81. The van der Waals surface area contributed by atoms with Gasteiger partial charge in [-0.3, -0.25) is 0 Å². The van der Waals surface area contributed by atoms with Crippen molar-refractivity contribution in [2.45, 2.75) is 44.4 Å². The van der Waals surface area contributed by atoms with Crippen LogP contribution in [0, 0.1) is 33.5 Å². The van der Waals surface area contributed by atoms with Gasteiger partial charge in [-0.25, -0.2) is 4.99 Å². The van der Waals surface area contributed by atoms with Crippen LogP contribution in [0.25, 0.3) is 0 Å². The maximum atomic E-state index is 10.1. The van der Waals surface area contributed by atoms with E-state index in [9.17, 15) is 10.5 Å². The number of nitrogens with two attached hydrogens (primary N) is 1. The van der Waals surface area contributed by atoms with Crippen molar-refractivity contribution < 1.29 is 14.2 Å². The summed E-state index contributed by atoms with van der Waals surface area (Å²) in [5.41, 5.74) is 4.47. The molecule has 0 aromatic heterocycles. The second-order valence-corrected chi connectivity index (χ2v) is 7.53. The SMILES string of the molecule is CCCCCCOc1ccc(C2C3(C#N)C(N)=NC4(OCCO4)C23C#N)cc1. The summed E-state index contributed by atoms with van der Waals surface area (Å²) < 4.78 is 17.2. The first kappa shape index (κ1) is 18.7. The fourth-order valence-electron chi connectivity index (χ4n) is 4.69. The molecule has 3 unspecified atom stereocenters. The molecule has 1 saturated carbocycles. The van der Waals surface area contributed by atoms with Gasteiger partial charge < -0.3 is 19.9 Å². The van der Waals surface area contributed by atoms with E-state index in [1.54, 1.807) is 0 Å². The van der Waals surface area contributed by atoms with E-state index in [1.807, 2.05) is 24.3 Å². The van der Waals surface area contributed by atoms with Crippen LogP contribution in [0.4, 0.5) is 0 Å². The number of fused-ring (bicyclic) bond motifs is 2. The van der Waals surface area contributed by atoms with E-state index in [4.69, 9.17) is 19.9 Å². The number of rotatable bonds is 7. The molecule has 0 radical (unpaired) electrons. The molecule has 2 N–H and O–H groups in total. The van der Waals surface area contributed by atoms with Gasteiger partial charge in [-0.2, -0.15) is 10.5 Å². The number of benzene rings is 1. The molecule has 4 rings (SSSR count). The van der Waals surface area contributed by atoms with Crippen LogP contribution in [-0.4, -0.2) is 31.6 Å². The molecule has 1 aromatic rings. The standard InChI is InChI=1S/C21H24N4O3/c1-2-3-4-5-10-26-16-8-6-15(7-9-16)17-19(13-22)18(24)25-21(20(17,19)14-23)27-11-12-28-21/h6-9,17H,2-5,10-12H2,1H3,(H2,24,25). The van der Waals surface area contributed by atoms with E-state index in [-0.39, 0.29) is 5.84 Å². The van der Waals surface area contributed by atoms with Gasteiger partial charge in [-0.05, 0) is 24.1 Å². The average molecular weight is 380 g/mol. The normalized spacial score (nSPS) is 31.7. The lowest BCUT2D eigenvalue weighted by molar-refractivity contribution is -0.184. The Hall–Kier alpha value is -2.61. The van der Waals surface area contributed by atoms with Gasteiger partial charge >= 0.3 is 0 Å². The molecule has 0 amide bonds. The topological polar surface area (TPSA) is 114 Å². The van der Waals surface area contributed by atoms with Crippen LogP contribution in [-0.2, 0) is 9.47 Å². The zero-order chi connectivity index (χ0) is 19.8. The predicted molar refractivity (Wildman–Crippen MR) is 101 cm³/mol. The molecule has 2 fully saturated rings. The number of hydrogen-bond donors (Lipinski definition) is 1. The summed E-state index contributed by atoms with van der Waals surface area (Å²) in [4.78, 5) is 4.27. The van der Waals surface area contributed by atoms with Crippen molar-refractivity contribution in [1.29, 1.82) is 10.5 Å². The number of amidine groups is 1. The van der Waals surface area contributed by atoms with Gasteiger partial charge in [-0.15, -0.1) is 0 Å². The first-order chi connectivity index (χ1) is 13.6. The summed E-state index contributed by atoms with van der Waals surface area (Å²) in [6, 6.07) is 12.1. The van der Waals surface area contributed by atoms with Crippen molar-refractivity contribution in [3.05, 3.63) is 29.8 Å². The van der Waals surface area contributed by atoms with Gasteiger partial charge in [0.05, 0.1) is 32.0 Å². The van der Waals surface area contributed by atoms with Crippen molar-refractivity contribution >= 4 is 5.84 Å². The molecular formula is C21H24N4O3. The maximum Gasteiger partial charge on any atom is 0.293 e. The molecule has 28 heavy (non-hydrogen) atoms. The number of aliphatic imine (C=N–C) groups is 1. The third-order valence-corrected chi connectivity index (χ3v) is 6.09. The maximum absolute atomic E-state index is 10.1. The molecule has 1 aliphatic carbocycles. The molecule has 2 aliphatic heterocycles. The molecule has 3 atom stereocenters. The van der Waals surface area contributed by atoms with E-state index < -0.39 is 22.7 Å². The van der Waals surface area contributed by atoms with E-state index in [0.717, 1.165) is 24.2 Å². The van der Waals surface area contributed by atoms with Crippen molar-refractivity contribution in [1.82, 2.24) is 0 Å². The number of nitrogens with zero attached hydrogens (tertiary/aromatic N) is 3. The highest BCUT2D eigenvalue weighted by Crippen LogP contribution is 2.82. The van der Waals surface area contributed by atoms with E-state index in [1.165, 1.54) is 12.8 Å². The molecule has 0 bridgehead atoms. The van der Waals surface area contributed by atoms with Crippen LogP contribution in [0.1, 0.15) is 44.1 Å². The van der Waals surface area contributed by atoms with Gasteiger partial charge in [0.25, 0.3) is 5.91 Å². The largest absolute Gasteiger partial charge is 0.494 e. The Balaban J connectivity index is 1.56. The fraction of sp³-hybridized carbons (Fsp3) is 0.571. The Morgan fingerprint density at radius 1 is 1.14 bits per heavy atom. The van der Waals surface area contributed by atoms with Crippen molar-refractivity contribution in [3.8, 4) is 17.9 Å². The highest BCUT2D eigenvalue weighted by atomic mass is 16.8. The Morgan fingerprint density at radius 3 is 2.46 bits per heavy atom. The molecule has 146 valence electrons. The molecule has 3 aliphatic rings. The lowest BCUT2D eigenvalue weighted by Gasteiger charge is -2.25. The Labute approximate surface area is 164 Å². The minimum absolute atomic E-state index is 0.111. The van der Waals surface area contributed by atoms with Crippen LogP contribution in [0.5, 0.6) is 5.75 Å². The van der Waals surface area contributed by atoms with Crippen LogP contribution in [0.3, 0.4) is 0 Å². The second-order valence-electron chi connectivity index (χ2n) is 7.53. The molecule has 2 heterocycles. The summed E-state index contributed by atoms with van der Waals surface area (Å²) in [6.45, 7) is 3.49. The summed E-state index contributed by atoms with van der Waals surface area (Å²) in [6.07, 6.45) is 4.59. The van der Waals surface area contributed by atoms with E-state index in [0.29, 0.717) is 19.8 Å². The lowest BCUT2D eigenvalue weighted by Crippen LogP contribution is -2.38. The summed E-state index contributed by atoms with van der Waals surface area (Å²) in [5.74, 6) is -1.06. The van der Waals surface area contributed by atoms with Crippen molar-refractivity contribution in [2.75, 3.05) is 19.8 Å². The Bertz CT molecular complexity index is 863. The smallest absolute Gasteiger partial charge is 0.293 e. The first-order valence-corrected chi connectivity index (χ1v) is 9.81. The Morgan fingerprint density at radius 2 is 1.86 bits per heavy atom. The van der Waals surface area contributed by atoms with Crippen molar-refractivity contribution in [2.24, 2.45) is 21.6 Å². The third kappa shape index (κ3) is 2.24. The molecular weight excluding hydrogens is 356 g/mol. The van der Waals surface area contributed by atoms with Gasteiger partial charge in [0.15, 0.2) is 5.41 Å². The lowest BCUT2D eigenvalue weighted by atomic mass is 9.94.